The van der Waals surface area contributed by atoms with Gasteiger partial charge in [-0.3, -0.25) is 14.6 Å². The smallest absolute Gasteiger partial charge is 0.272 e. The standard InChI is InChI=1S/C18H26N4O2/c1-15(23)20-10-12-22(13-11-20)18(24)17-14-16(6-7-19-17)21-8-4-2-3-5-9-21/h6-7,14H,2-5,8-13H2,1H3. The van der Waals surface area contributed by atoms with Crippen LogP contribution in [0.4, 0.5) is 5.69 Å². The average molecular weight is 330 g/mol. The Kier molecular flexibility index (Phi) is 5.33. The minimum Gasteiger partial charge on any atom is -0.371 e. The lowest BCUT2D eigenvalue weighted by Crippen LogP contribution is -2.50. The Morgan fingerprint density at radius 3 is 2.17 bits per heavy atom. The summed E-state index contributed by atoms with van der Waals surface area (Å²) in [4.78, 5) is 34.3. The number of amides is 2. The third-order valence-electron chi connectivity index (χ3n) is 4.95. The quantitative estimate of drug-likeness (QED) is 0.829. The van der Waals surface area contributed by atoms with Gasteiger partial charge >= 0.3 is 0 Å². The van der Waals surface area contributed by atoms with Gasteiger partial charge in [-0.15, -0.1) is 0 Å². The van der Waals surface area contributed by atoms with Crippen LogP contribution in [-0.2, 0) is 4.79 Å². The molecule has 0 spiro atoms. The number of carbonyl (C=O) groups is 2. The highest BCUT2D eigenvalue weighted by molar-refractivity contribution is 5.93. The van der Waals surface area contributed by atoms with Crippen LogP contribution in [0, 0.1) is 0 Å². The molecule has 0 bridgehead atoms. The zero-order valence-corrected chi connectivity index (χ0v) is 14.4. The van der Waals surface area contributed by atoms with Crippen molar-refractivity contribution in [1.29, 1.82) is 0 Å². The Bertz CT molecular complexity index is 588. The molecular formula is C18H26N4O2. The lowest BCUT2D eigenvalue weighted by atomic mass is 10.2. The first-order valence-corrected chi connectivity index (χ1v) is 8.91. The van der Waals surface area contributed by atoms with Crippen molar-refractivity contribution in [3.63, 3.8) is 0 Å². The fourth-order valence-corrected chi connectivity index (χ4v) is 3.45. The molecule has 3 rings (SSSR count). The van der Waals surface area contributed by atoms with Gasteiger partial charge in [-0.25, -0.2) is 0 Å². The van der Waals surface area contributed by atoms with Gasteiger partial charge in [-0.1, -0.05) is 12.8 Å². The van der Waals surface area contributed by atoms with E-state index in [9.17, 15) is 9.59 Å². The Labute approximate surface area is 143 Å². The highest BCUT2D eigenvalue weighted by Crippen LogP contribution is 2.20. The summed E-state index contributed by atoms with van der Waals surface area (Å²) in [6.45, 7) is 6.04. The highest BCUT2D eigenvalue weighted by Gasteiger charge is 2.24. The Hall–Kier alpha value is -2.11. The van der Waals surface area contributed by atoms with E-state index in [1.807, 2.05) is 12.1 Å². The molecule has 130 valence electrons. The van der Waals surface area contributed by atoms with Crippen molar-refractivity contribution in [1.82, 2.24) is 14.8 Å². The second-order valence-electron chi connectivity index (χ2n) is 6.60. The van der Waals surface area contributed by atoms with Crippen molar-refractivity contribution in [2.75, 3.05) is 44.2 Å². The van der Waals surface area contributed by atoms with Crippen LogP contribution in [0.1, 0.15) is 43.1 Å². The summed E-state index contributed by atoms with van der Waals surface area (Å²) >= 11 is 0. The molecule has 0 unspecified atom stereocenters. The van der Waals surface area contributed by atoms with E-state index in [4.69, 9.17) is 0 Å². The van der Waals surface area contributed by atoms with E-state index >= 15 is 0 Å². The molecular weight excluding hydrogens is 304 g/mol. The molecule has 0 atom stereocenters. The van der Waals surface area contributed by atoms with Gasteiger partial charge in [0.25, 0.3) is 5.91 Å². The number of pyridine rings is 1. The van der Waals surface area contributed by atoms with E-state index in [0.717, 1.165) is 18.8 Å². The molecule has 2 saturated heterocycles. The molecule has 2 amide bonds. The molecule has 24 heavy (non-hydrogen) atoms. The largest absolute Gasteiger partial charge is 0.371 e. The molecule has 0 aliphatic carbocycles. The lowest BCUT2D eigenvalue weighted by molar-refractivity contribution is -0.130. The maximum absolute atomic E-state index is 12.7. The fraction of sp³-hybridized carbons (Fsp3) is 0.611. The minimum absolute atomic E-state index is 0.0325. The van der Waals surface area contributed by atoms with Crippen LogP contribution < -0.4 is 4.90 Å². The van der Waals surface area contributed by atoms with E-state index < -0.39 is 0 Å². The SMILES string of the molecule is CC(=O)N1CCN(C(=O)c2cc(N3CCCCCC3)ccn2)CC1. The molecule has 6 nitrogen and oxygen atoms in total. The molecule has 0 saturated carbocycles. The number of hydrogen-bond donors (Lipinski definition) is 0. The van der Waals surface area contributed by atoms with E-state index in [0.29, 0.717) is 31.9 Å². The topological polar surface area (TPSA) is 56.8 Å². The third kappa shape index (κ3) is 3.86. The molecule has 2 aliphatic rings. The molecule has 2 fully saturated rings. The summed E-state index contributed by atoms with van der Waals surface area (Å²) in [6, 6.07) is 3.92. The van der Waals surface area contributed by atoms with Crippen molar-refractivity contribution in [3.05, 3.63) is 24.0 Å². The van der Waals surface area contributed by atoms with Crippen molar-refractivity contribution >= 4 is 17.5 Å². The second kappa shape index (κ2) is 7.64. The first kappa shape index (κ1) is 16.7. The number of aromatic nitrogens is 1. The van der Waals surface area contributed by atoms with E-state index in [-0.39, 0.29) is 11.8 Å². The zero-order valence-electron chi connectivity index (χ0n) is 14.4. The van der Waals surface area contributed by atoms with Crippen LogP contribution in [0.3, 0.4) is 0 Å². The summed E-state index contributed by atoms with van der Waals surface area (Å²) < 4.78 is 0. The summed E-state index contributed by atoms with van der Waals surface area (Å²) in [6.07, 6.45) is 6.72. The number of anilines is 1. The zero-order chi connectivity index (χ0) is 16.9. The van der Waals surface area contributed by atoms with Crippen LogP contribution in [-0.4, -0.2) is 65.9 Å². The predicted molar refractivity (Wildman–Crippen MR) is 93.1 cm³/mol. The number of nitrogens with zero attached hydrogens (tertiary/aromatic N) is 4. The minimum atomic E-state index is -0.0325. The monoisotopic (exact) mass is 330 g/mol. The predicted octanol–water partition coefficient (Wildman–Crippen LogP) is 1.77. The van der Waals surface area contributed by atoms with E-state index in [1.54, 1.807) is 22.9 Å². The van der Waals surface area contributed by atoms with E-state index in [2.05, 4.69) is 9.88 Å². The molecule has 0 radical (unpaired) electrons. The second-order valence-corrected chi connectivity index (χ2v) is 6.60. The van der Waals surface area contributed by atoms with E-state index in [1.165, 1.54) is 25.7 Å². The van der Waals surface area contributed by atoms with Crippen LogP contribution in [0.5, 0.6) is 0 Å². The molecule has 2 aliphatic heterocycles. The maximum atomic E-state index is 12.7. The normalized spacial score (nSPS) is 19.1. The van der Waals surface area contributed by atoms with Crippen LogP contribution in [0.15, 0.2) is 18.3 Å². The number of piperazine rings is 1. The highest BCUT2D eigenvalue weighted by atomic mass is 16.2. The number of carbonyl (C=O) groups excluding carboxylic acids is 2. The van der Waals surface area contributed by atoms with Gasteiger partial charge in [0.15, 0.2) is 0 Å². The van der Waals surface area contributed by atoms with Gasteiger partial charge in [-0.05, 0) is 25.0 Å². The summed E-state index contributed by atoms with van der Waals surface area (Å²) in [7, 11) is 0. The van der Waals surface area contributed by atoms with Crippen molar-refractivity contribution < 1.29 is 9.59 Å². The van der Waals surface area contributed by atoms with Crippen molar-refractivity contribution in [2.45, 2.75) is 32.6 Å². The summed E-state index contributed by atoms with van der Waals surface area (Å²) in [5.74, 6) is 0.0401. The molecule has 1 aromatic heterocycles. The fourth-order valence-electron chi connectivity index (χ4n) is 3.45. The maximum Gasteiger partial charge on any atom is 0.272 e. The first-order chi connectivity index (χ1) is 11.6. The summed E-state index contributed by atoms with van der Waals surface area (Å²) in [5, 5.41) is 0. The number of hydrogen-bond acceptors (Lipinski definition) is 4. The molecule has 1 aromatic rings. The van der Waals surface area contributed by atoms with Crippen LogP contribution in [0.2, 0.25) is 0 Å². The average Bonchev–Trinajstić information content (AvgIpc) is 2.91. The Morgan fingerprint density at radius 1 is 0.917 bits per heavy atom. The molecule has 0 N–H and O–H groups in total. The molecule has 0 aromatic carbocycles. The van der Waals surface area contributed by atoms with Gasteiger partial charge in [0.2, 0.25) is 5.91 Å². The van der Waals surface area contributed by atoms with Gasteiger partial charge in [0.1, 0.15) is 5.69 Å². The summed E-state index contributed by atoms with van der Waals surface area (Å²) in [5.41, 5.74) is 1.60. The van der Waals surface area contributed by atoms with Gasteiger partial charge in [0, 0.05) is 58.1 Å². The Morgan fingerprint density at radius 2 is 1.54 bits per heavy atom. The Balaban J connectivity index is 1.67. The van der Waals surface area contributed by atoms with Crippen molar-refractivity contribution in [3.8, 4) is 0 Å². The van der Waals surface area contributed by atoms with Crippen LogP contribution >= 0.6 is 0 Å². The van der Waals surface area contributed by atoms with Gasteiger partial charge in [-0.2, -0.15) is 0 Å². The third-order valence-corrected chi connectivity index (χ3v) is 4.95. The number of rotatable bonds is 2. The molecule has 6 heteroatoms. The lowest BCUT2D eigenvalue weighted by Gasteiger charge is -2.34. The molecule has 3 heterocycles. The van der Waals surface area contributed by atoms with Gasteiger partial charge in [0.05, 0.1) is 0 Å². The first-order valence-electron chi connectivity index (χ1n) is 8.91. The van der Waals surface area contributed by atoms with Gasteiger partial charge < -0.3 is 14.7 Å². The van der Waals surface area contributed by atoms with Crippen molar-refractivity contribution in [2.24, 2.45) is 0 Å². The van der Waals surface area contributed by atoms with Crippen LogP contribution in [0.25, 0.3) is 0 Å².